The maximum Gasteiger partial charge on any atom is 0.345 e. The zero-order valence-electron chi connectivity index (χ0n) is 14.1. The number of ether oxygens (including phenoxy) is 2. The first-order valence-corrected chi connectivity index (χ1v) is 8.18. The molecule has 2 bridgehead atoms. The molecule has 0 unspecified atom stereocenters. The average molecular weight is 348 g/mol. The lowest BCUT2D eigenvalue weighted by Gasteiger charge is -2.40. The van der Waals surface area contributed by atoms with E-state index in [1.807, 2.05) is 7.05 Å². The molecule has 3 rings (SSSR count). The topological polar surface area (TPSA) is 99.0 Å². The number of rotatable bonds is 4. The summed E-state index contributed by atoms with van der Waals surface area (Å²) in [6.45, 7) is 0. The molecule has 0 aromatic heterocycles. The Morgan fingerprint density at radius 1 is 1.28 bits per heavy atom. The smallest absolute Gasteiger partial charge is 0.345 e. The molecule has 2 aliphatic heterocycles. The average Bonchev–Trinajstić information content (AvgIpc) is 2.84. The molecule has 25 heavy (non-hydrogen) atoms. The Morgan fingerprint density at radius 3 is 2.68 bits per heavy atom. The lowest BCUT2D eigenvalue weighted by Crippen LogP contribution is -2.53. The van der Waals surface area contributed by atoms with Crippen LogP contribution in [0.25, 0.3) is 0 Å². The molecule has 2 fully saturated rings. The van der Waals surface area contributed by atoms with Gasteiger partial charge in [0.15, 0.2) is 0 Å². The fraction of sp³-hybridized carbons (Fsp3) is 0.529. The summed E-state index contributed by atoms with van der Waals surface area (Å²) in [6, 6.07) is 5.83. The number of benzene rings is 1. The van der Waals surface area contributed by atoms with Crippen molar-refractivity contribution >= 4 is 17.6 Å². The van der Waals surface area contributed by atoms with E-state index >= 15 is 0 Å². The second kappa shape index (κ2) is 6.79. The third-order valence-electron chi connectivity index (χ3n) is 5.27. The van der Waals surface area contributed by atoms with Gasteiger partial charge in [0.25, 0.3) is 5.69 Å². The molecule has 0 radical (unpaired) electrons. The maximum atomic E-state index is 12.5. The Hall–Kier alpha value is -2.48. The molecular formula is C17H20N2O6. The first kappa shape index (κ1) is 17.3. The molecule has 0 amide bonds. The SMILES string of the molecule is COC(=O)[C@H]1[C@@H](OC(=O)c2ccccc2[N+](=O)[O-])C[C@@H]2CC[C@H]1N2C. The summed E-state index contributed by atoms with van der Waals surface area (Å²) in [5, 5.41) is 11.1. The molecule has 0 N–H and O–H groups in total. The van der Waals surface area contributed by atoms with Crippen molar-refractivity contribution in [1.29, 1.82) is 0 Å². The molecule has 2 heterocycles. The van der Waals surface area contributed by atoms with Gasteiger partial charge in [-0.05, 0) is 26.0 Å². The van der Waals surface area contributed by atoms with E-state index in [1.54, 1.807) is 6.07 Å². The quantitative estimate of drug-likeness (QED) is 0.464. The van der Waals surface area contributed by atoms with Crippen molar-refractivity contribution in [1.82, 2.24) is 4.90 Å². The Balaban J connectivity index is 1.85. The Kier molecular flexibility index (Phi) is 4.71. The minimum Gasteiger partial charge on any atom is -0.469 e. The van der Waals surface area contributed by atoms with Gasteiger partial charge in [0.1, 0.15) is 17.6 Å². The number of methoxy groups -OCH3 is 1. The maximum absolute atomic E-state index is 12.5. The Morgan fingerprint density at radius 2 is 2.00 bits per heavy atom. The molecule has 0 saturated carbocycles. The standard InChI is InChI=1S/C17H20N2O6/c1-18-10-7-8-13(18)15(17(21)24-2)14(9-10)25-16(20)11-5-3-4-6-12(11)19(22)23/h3-6,10,13-15H,7-9H2,1-2H3/t10-,13+,14-,15+/m0/s1. The first-order valence-electron chi connectivity index (χ1n) is 8.18. The highest BCUT2D eigenvalue weighted by molar-refractivity contribution is 5.94. The van der Waals surface area contributed by atoms with E-state index < -0.39 is 28.9 Å². The van der Waals surface area contributed by atoms with Crippen molar-refractivity contribution in [3.8, 4) is 0 Å². The van der Waals surface area contributed by atoms with Crippen LogP contribution >= 0.6 is 0 Å². The van der Waals surface area contributed by atoms with Crippen LogP contribution in [0.4, 0.5) is 5.69 Å². The number of carbonyl (C=O) groups is 2. The van der Waals surface area contributed by atoms with Gasteiger partial charge in [-0.1, -0.05) is 12.1 Å². The van der Waals surface area contributed by atoms with Gasteiger partial charge < -0.3 is 9.47 Å². The van der Waals surface area contributed by atoms with Crippen LogP contribution in [0.3, 0.4) is 0 Å². The summed E-state index contributed by atoms with van der Waals surface area (Å²) in [5.41, 5.74) is -0.416. The number of hydrogen-bond donors (Lipinski definition) is 0. The van der Waals surface area contributed by atoms with Crippen molar-refractivity contribution in [3.05, 3.63) is 39.9 Å². The number of fused-ring (bicyclic) bond motifs is 2. The lowest BCUT2D eigenvalue weighted by molar-refractivity contribution is -0.385. The molecular weight excluding hydrogens is 328 g/mol. The third-order valence-corrected chi connectivity index (χ3v) is 5.27. The van der Waals surface area contributed by atoms with Crippen molar-refractivity contribution < 1.29 is 24.0 Å². The van der Waals surface area contributed by atoms with Crippen molar-refractivity contribution in [2.24, 2.45) is 5.92 Å². The number of piperidine rings is 1. The van der Waals surface area contributed by atoms with Gasteiger partial charge in [-0.15, -0.1) is 0 Å². The van der Waals surface area contributed by atoms with Crippen molar-refractivity contribution in [2.75, 3.05) is 14.2 Å². The molecule has 134 valence electrons. The number of nitrogens with zero attached hydrogens (tertiary/aromatic N) is 2. The van der Waals surface area contributed by atoms with E-state index in [-0.39, 0.29) is 23.3 Å². The molecule has 0 aliphatic carbocycles. The second-order valence-electron chi connectivity index (χ2n) is 6.47. The summed E-state index contributed by atoms with van der Waals surface area (Å²) in [7, 11) is 3.27. The molecule has 8 heteroatoms. The zero-order chi connectivity index (χ0) is 18.1. The van der Waals surface area contributed by atoms with Crippen molar-refractivity contribution in [3.63, 3.8) is 0 Å². The molecule has 8 nitrogen and oxygen atoms in total. The number of hydrogen-bond acceptors (Lipinski definition) is 7. The fourth-order valence-corrected chi connectivity index (χ4v) is 3.99. The monoisotopic (exact) mass is 348 g/mol. The summed E-state index contributed by atoms with van der Waals surface area (Å²) in [5.74, 6) is -1.78. The molecule has 0 spiro atoms. The van der Waals surface area contributed by atoms with E-state index in [9.17, 15) is 19.7 Å². The number of esters is 2. The number of para-hydroxylation sites is 1. The zero-order valence-corrected chi connectivity index (χ0v) is 14.1. The van der Waals surface area contributed by atoms with Gasteiger partial charge >= 0.3 is 11.9 Å². The summed E-state index contributed by atoms with van der Waals surface area (Å²) in [4.78, 5) is 37.4. The number of carbonyl (C=O) groups excluding carboxylic acids is 2. The van der Waals surface area contributed by atoms with E-state index in [0.717, 1.165) is 12.8 Å². The van der Waals surface area contributed by atoms with Gasteiger partial charge in [-0.2, -0.15) is 0 Å². The summed E-state index contributed by atoms with van der Waals surface area (Å²) < 4.78 is 10.5. The second-order valence-corrected chi connectivity index (χ2v) is 6.47. The van der Waals surface area contributed by atoms with Crippen LogP contribution in [-0.2, 0) is 14.3 Å². The number of nitro groups is 1. The molecule has 4 atom stereocenters. The minimum absolute atomic E-state index is 0.0465. The minimum atomic E-state index is -0.782. The molecule has 2 aliphatic rings. The van der Waals surface area contributed by atoms with E-state index in [2.05, 4.69) is 4.90 Å². The highest BCUT2D eigenvalue weighted by Crippen LogP contribution is 2.40. The van der Waals surface area contributed by atoms with Gasteiger partial charge in [-0.25, -0.2) is 4.79 Å². The van der Waals surface area contributed by atoms with Crippen LogP contribution in [0.5, 0.6) is 0 Å². The Bertz CT molecular complexity index is 706. The van der Waals surface area contributed by atoms with Crippen LogP contribution in [0.15, 0.2) is 24.3 Å². The summed E-state index contributed by atoms with van der Waals surface area (Å²) >= 11 is 0. The normalized spacial score (nSPS) is 28.4. The fourth-order valence-electron chi connectivity index (χ4n) is 3.99. The van der Waals surface area contributed by atoms with Gasteiger partial charge in [0.05, 0.1) is 12.0 Å². The van der Waals surface area contributed by atoms with E-state index in [0.29, 0.717) is 6.42 Å². The van der Waals surface area contributed by atoms with Crippen LogP contribution in [0, 0.1) is 16.0 Å². The highest BCUT2D eigenvalue weighted by atomic mass is 16.6. The molecule has 1 aromatic rings. The first-order chi connectivity index (χ1) is 11.9. The predicted molar refractivity (Wildman–Crippen MR) is 87.0 cm³/mol. The molecule has 1 aromatic carbocycles. The molecule has 2 saturated heterocycles. The third kappa shape index (κ3) is 3.09. The van der Waals surface area contributed by atoms with E-state index in [1.165, 1.54) is 25.3 Å². The van der Waals surface area contributed by atoms with Crippen LogP contribution in [-0.4, -0.2) is 54.1 Å². The predicted octanol–water partition coefficient (Wildman–Crippen LogP) is 1.78. The highest BCUT2D eigenvalue weighted by Gasteiger charge is 2.51. The lowest BCUT2D eigenvalue weighted by atomic mass is 9.87. The van der Waals surface area contributed by atoms with Gasteiger partial charge in [0, 0.05) is 24.6 Å². The van der Waals surface area contributed by atoms with Crippen molar-refractivity contribution in [2.45, 2.75) is 37.5 Å². The van der Waals surface area contributed by atoms with Gasteiger partial charge in [0.2, 0.25) is 0 Å². The summed E-state index contributed by atoms with van der Waals surface area (Å²) in [6.07, 6.45) is 1.63. The largest absolute Gasteiger partial charge is 0.469 e. The van der Waals surface area contributed by atoms with Crippen LogP contribution in [0.1, 0.15) is 29.6 Å². The van der Waals surface area contributed by atoms with E-state index in [4.69, 9.17) is 9.47 Å². The Labute approximate surface area is 144 Å². The van der Waals surface area contributed by atoms with Gasteiger partial charge in [-0.3, -0.25) is 19.8 Å². The van der Waals surface area contributed by atoms with Crippen LogP contribution < -0.4 is 0 Å². The number of nitro benzene ring substituents is 1. The van der Waals surface area contributed by atoms with Crippen LogP contribution in [0.2, 0.25) is 0 Å².